The van der Waals surface area contributed by atoms with Gasteiger partial charge in [0.1, 0.15) is 26.6 Å². The van der Waals surface area contributed by atoms with Crippen molar-refractivity contribution in [2.24, 2.45) is 0 Å². The zero-order valence-electron chi connectivity index (χ0n) is 6.07. The second-order valence-corrected chi connectivity index (χ2v) is 2.14. The summed E-state index contributed by atoms with van der Waals surface area (Å²) in [6.07, 6.45) is 0. The molecule has 0 spiro atoms. The van der Waals surface area contributed by atoms with Crippen molar-refractivity contribution in [3.63, 3.8) is 0 Å². The third kappa shape index (κ3) is 7.90. The predicted octanol–water partition coefficient (Wildman–Crippen LogP) is 1.48. The maximum atomic E-state index is 11.3. The van der Waals surface area contributed by atoms with Crippen molar-refractivity contribution in [2.45, 2.75) is 0 Å². The molecule has 0 aliphatic rings. The van der Waals surface area contributed by atoms with E-state index in [1.165, 1.54) is 0 Å². The van der Waals surface area contributed by atoms with Crippen molar-refractivity contribution < 1.29 is 32.5 Å². The van der Waals surface area contributed by atoms with Crippen LogP contribution in [-0.4, -0.2) is 26.6 Å². The van der Waals surface area contributed by atoms with Gasteiger partial charge in [-0.25, -0.2) is 8.78 Å². The van der Waals surface area contributed by atoms with Gasteiger partial charge in [-0.3, -0.25) is 0 Å². The number of hydrogen-bond donors (Lipinski definition) is 0. The molecule has 0 aromatic carbocycles. The molecule has 0 unspecified atom stereocenters. The van der Waals surface area contributed by atoms with E-state index in [-0.39, 0.29) is 13.2 Å². The van der Waals surface area contributed by atoms with Crippen molar-refractivity contribution >= 4 is 8.25 Å². The van der Waals surface area contributed by atoms with E-state index in [2.05, 4.69) is 19.1 Å². The van der Waals surface area contributed by atoms with E-state index in [4.69, 9.17) is 0 Å². The predicted molar refractivity (Wildman–Crippen MR) is 33.6 cm³/mol. The highest BCUT2D eigenvalue weighted by molar-refractivity contribution is 7.32. The number of rotatable bonds is 8. The Kier molecular flexibility index (Phi) is 8.74. The molecule has 0 bridgehead atoms. The maximum absolute atomic E-state index is 11.3. The normalized spacial score (nSPS) is 10.2. The van der Waals surface area contributed by atoms with Crippen molar-refractivity contribution in [2.75, 3.05) is 26.6 Å². The van der Waals surface area contributed by atoms with Crippen LogP contribution in [0.5, 0.6) is 0 Å². The van der Waals surface area contributed by atoms with E-state index < -0.39 is 21.6 Å². The lowest BCUT2D eigenvalue weighted by Gasteiger charge is -1.88. The molecule has 72 valence electrons. The fourth-order valence-electron chi connectivity index (χ4n) is 0.236. The van der Waals surface area contributed by atoms with Gasteiger partial charge in [0.05, 0.1) is 9.35 Å². The molecule has 0 atom stereocenters. The molecule has 0 fully saturated rings. The first-order valence-electron chi connectivity index (χ1n) is 2.99. The van der Waals surface area contributed by atoms with E-state index in [0.29, 0.717) is 0 Å². The fourth-order valence-corrected chi connectivity index (χ4v) is 0.582. The van der Waals surface area contributed by atoms with E-state index in [0.717, 1.165) is 0 Å². The van der Waals surface area contributed by atoms with E-state index >= 15 is 0 Å². The van der Waals surface area contributed by atoms with Gasteiger partial charge in [0.15, 0.2) is 0 Å². The summed E-state index contributed by atoms with van der Waals surface area (Å²) in [5.41, 5.74) is 0. The first kappa shape index (κ1) is 11.8. The largest absolute Gasteiger partial charge is 0.759 e. The van der Waals surface area contributed by atoms with Crippen LogP contribution in [-0.2, 0) is 23.7 Å². The number of hydrogen-bond acceptors (Lipinski definition) is 5. The molecule has 0 aliphatic carbocycles. The topological polar surface area (TPSA) is 54.0 Å². The van der Waals surface area contributed by atoms with Gasteiger partial charge < -0.3 is 0 Å². The average molecular weight is 205 g/mol. The summed E-state index contributed by atoms with van der Waals surface area (Å²) in [6, 6.07) is 0. The van der Waals surface area contributed by atoms with Gasteiger partial charge in [-0.15, -0.1) is 0 Å². The summed E-state index contributed by atoms with van der Waals surface area (Å²) in [6.45, 7) is -2.25. The quantitative estimate of drug-likeness (QED) is 0.260. The van der Waals surface area contributed by atoms with Crippen LogP contribution < -0.4 is 0 Å². The highest BCUT2D eigenvalue weighted by Gasteiger charge is 2.24. The summed E-state index contributed by atoms with van der Waals surface area (Å²) in [4.78, 5) is 8.04. The Balaban J connectivity index is 3.10. The van der Waals surface area contributed by atoms with Gasteiger partial charge in [-0.1, -0.05) is 0 Å². The molecule has 0 N–H and O–H groups in total. The SMILES string of the molecule is O=[P+](OOCCF)OOCCF. The van der Waals surface area contributed by atoms with Gasteiger partial charge in [-0.2, -0.15) is 9.78 Å². The lowest BCUT2D eigenvalue weighted by atomic mass is 10.8. The first-order valence-corrected chi connectivity index (χ1v) is 4.09. The third-order valence-corrected chi connectivity index (χ3v) is 1.00. The van der Waals surface area contributed by atoms with Crippen LogP contribution in [0.4, 0.5) is 8.78 Å². The molecule has 0 saturated heterocycles. The number of halogens is 2. The Hall–Kier alpha value is -0.200. The molecule has 0 rings (SSSR count). The van der Waals surface area contributed by atoms with Gasteiger partial charge >= 0.3 is 8.25 Å². The minimum Gasteiger partial charge on any atom is -0.248 e. The fraction of sp³-hybridized carbons (Fsp3) is 1.00. The van der Waals surface area contributed by atoms with E-state index in [1.54, 1.807) is 0 Å². The third-order valence-electron chi connectivity index (χ3n) is 0.548. The van der Waals surface area contributed by atoms with Crippen molar-refractivity contribution in [1.29, 1.82) is 0 Å². The second-order valence-electron chi connectivity index (χ2n) is 1.39. The van der Waals surface area contributed by atoms with Crippen LogP contribution in [0.25, 0.3) is 0 Å². The van der Waals surface area contributed by atoms with Crippen LogP contribution >= 0.6 is 8.25 Å². The standard InChI is InChI=1S/C4H8F2O5P/c5-1-3-8-10-12(7)11-9-4-2-6/h1-4H2/q+1. The molecule has 0 aromatic rings. The lowest BCUT2D eigenvalue weighted by molar-refractivity contribution is -0.260. The summed E-state index contributed by atoms with van der Waals surface area (Å²) >= 11 is 0. The Bertz CT molecular complexity index is 112. The van der Waals surface area contributed by atoms with E-state index in [1.807, 2.05) is 0 Å². The Morgan fingerprint density at radius 2 is 1.42 bits per heavy atom. The Morgan fingerprint density at radius 1 is 1.00 bits per heavy atom. The Morgan fingerprint density at radius 3 is 1.75 bits per heavy atom. The van der Waals surface area contributed by atoms with Crippen molar-refractivity contribution in [1.82, 2.24) is 0 Å². The highest BCUT2D eigenvalue weighted by atomic mass is 31.1. The van der Waals surface area contributed by atoms with Crippen molar-refractivity contribution in [3.8, 4) is 0 Å². The highest BCUT2D eigenvalue weighted by Crippen LogP contribution is 2.23. The smallest absolute Gasteiger partial charge is 0.248 e. The molecular weight excluding hydrogens is 197 g/mol. The monoisotopic (exact) mass is 205 g/mol. The Labute approximate surface area is 68.4 Å². The minimum absolute atomic E-state index is 0.354. The number of alkyl halides is 2. The van der Waals surface area contributed by atoms with Crippen LogP contribution in [0.1, 0.15) is 0 Å². The summed E-state index contributed by atoms with van der Waals surface area (Å²) < 4.78 is 40.9. The minimum atomic E-state index is -2.63. The summed E-state index contributed by atoms with van der Waals surface area (Å²) in [7, 11) is -2.63. The summed E-state index contributed by atoms with van der Waals surface area (Å²) in [5, 5.41) is 0. The van der Waals surface area contributed by atoms with Crippen LogP contribution in [0.3, 0.4) is 0 Å². The molecule has 0 heterocycles. The molecule has 0 saturated carbocycles. The van der Waals surface area contributed by atoms with Crippen LogP contribution in [0.15, 0.2) is 0 Å². The van der Waals surface area contributed by atoms with Gasteiger partial charge in [0.2, 0.25) is 0 Å². The summed E-state index contributed by atoms with van der Waals surface area (Å²) in [5.74, 6) is 0. The molecule has 0 aliphatic heterocycles. The second kappa shape index (κ2) is 8.89. The van der Waals surface area contributed by atoms with Crippen LogP contribution in [0.2, 0.25) is 0 Å². The molecule has 8 heteroatoms. The molecule has 0 aromatic heterocycles. The van der Waals surface area contributed by atoms with Gasteiger partial charge in [-0.05, 0) is 0 Å². The molecule has 0 radical (unpaired) electrons. The average Bonchev–Trinajstić information content (AvgIpc) is 2.06. The zero-order chi connectivity index (χ0) is 9.23. The molecule has 5 nitrogen and oxygen atoms in total. The molecular formula is C4H8F2O5P+. The van der Waals surface area contributed by atoms with Crippen molar-refractivity contribution in [3.05, 3.63) is 0 Å². The maximum Gasteiger partial charge on any atom is 0.759 e. The van der Waals surface area contributed by atoms with Gasteiger partial charge in [0.25, 0.3) is 0 Å². The van der Waals surface area contributed by atoms with E-state index in [9.17, 15) is 13.3 Å². The van der Waals surface area contributed by atoms with Crippen LogP contribution in [0, 0.1) is 0 Å². The lowest BCUT2D eigenvalue weighted by Crippen LogP contribution is -1.96. The molecule has 0 amide bonds. The zero-order valence-corrected chi connectivity index (χ0v) is 6.97. The molecule has 12 heavy (non-hydrogen) atoms. The van der Waals surface area contributed by atoms with Gasteiger partial charge in [0, 0.05) is 4.57 Å². The first-order chi connectivity index (χ1) is 5.81.